The molecule has 1 amide bonds. The van der Waals surface area contributed by atoms with Gasteiger partial charge in [0, 0.05) is 31.4 Å². The van der Waals surface area contributed by atoms with Crippen molar-refractivity contribution in [2.75, 3.05) is 12.4 Å². The highest BCUT2D eigenvalue weighted by Gasteiger charge is 2.22. The van der Waals surface area contributed by atoms with Gasteiger partial charge in [-0.15, -0.1) is 0 Å². The minimum absolute atomic E-state index is 0.00455. The monoisotopic (exact) mass is 470 g/mol. The summed E-state index contributed by atoms with van der Waals surface area (Å²) in [6, 6.07) is 17.0. The lowest BCUT2D eigenvalue weighted by molar-refractivity contribution is -0.394. The Morgan fingerprint density at radius 2 is 1.45 bits per heavy atom. The van der Waals surface area contributed by atoms with Gasteiger partial charge in [0.15, 0.2) is 0 Å². The summed E-state index contributed by atoms with van der Waals surface area (Å²) >= 11 is 0. The van der Waals surface area contributed by atoms with E-state index in [1.54, 1.807) is 0 Å². The van der Waals surface area contributed by atoms with Crippen molar-refractivity contribution >= 4 is 33.0 Å². The first-order valence-electron chi connectivity index (χ1n) is 9.43. The first-order valence-corrected chi connectivity index (χ1v) is 10.9. The molecule has 0 radical (unpaired) electrons. The summed E-state index contributed by atoms with van der Waals surface area (Å²) in [5.41, 5.74) is -0.456. The van der Waals surface area contributed by atoms with Crippen LogP contribution in [0.3, 0.4) is 0 Å². The number of carbonyl (C=O) groups is 1. The second-order valence-electron chi connectivity index (χ2n) is 6.98. The second-order valence-corrected chi connectivity index (χ2v) is 9.02. The SMILES string of the molecule is CN(Cc1ccccc1)S(=O)(=O)c1ccc(NC(=O)c2cc([N+](=O)[O-])cc([N+](=O)[O-])c2)cc1. The Bertz CT molecular complexity index is 1280. The average Bonchev–Trinajstić information content (AvgIpc) is 2.79. The number of anilines is 1. The van der Waals surface area contributed by atoms with E-state index in [9.17, 15) is 33.4 Å². The largest absolute Gasteiger partial charge is 0.322 e. The van der Waals surface area contributed by atoms with Gasteiger partial charge in [0.1, 0.15) is 0 Å². The molecule has 1 N–H and O–H groups in total. The van der Waals surface area contributed by atoms with Gasteiger partial charge in [0.05, 0.1) is 26.4 Å². The first kappa shape index (κ1) is 23.5. The van der Waals surface area contributed by atoms with E-state index in [1.165, 1.54) is 35.6 Å². The Hall–Kier alpha value is -4.16. The third kappa shape index (κ3) is 5.56. The van der Waals surface area contributed by atoms with Gasteiger partial charge in [0.25, 0.3) is 17.3 Å². The molecule has 0 aliphatic heterocycles. The van der Waals surface area contributed by atoms with Crippen molar-refractivity contribution in [3.05, 3.63) is 104 Å². The van der Waals surface area contributed by atoms with Crippen LogP contribution in [0.2, 0.25) is 0 Å². The van der Waals surface area contributed by atoms with E-state index in [0.717, 1.165) is 23.8 Å². The van der Waals surface area contributed by atoms with Gasteiger partial charge in [-0.05, 0) is 29.8 Å². The third-order valence-corrected chi connectivity index (χ3v) is 6.47. The van der Waals surface area contributed by atoms with Crippen molar-refractivity contribution in [2.45, 2.75) is 11.4 Å². The van der Waals surface area contributed by atoms with Crippen LogP contribution >= 0.6 is 0 Å². The Labute approximate surface area is 188 Å². The van der Waals surface area contributed by atoms with Crippen LogP contribution in [-0.2, 0) is 16.6 Å². The number of benzene rings is 3. The van der Waals surface area contributed by atoms with Crippen LogP contribution in [-0.4, -0.2) is 35.5 Å². The lowest BCUT2D eigenvalue weighted by Crippen LogP contribution is -2.26. The van der Waals surface area contributed by atoms with Gasteiger partial charge >= 0.3 is 0 Å². The summed E-state index contributed by atoms with van der Waals surface area (Å²) in [4.78, 5) is 32.8. The molecule has 0 aromatic heterocycles. The van der Waals surface area contributed by atoms with Crippen molar-refractivity contribution in [1.29, 1.82) is 0 Å². The van der Waals surface area contributed by atoms with Crippen LogP contribution in [0.1, 0.15) is 15.9 Å². The minimum atomic E-state index is -3.79. The van der Waals surface area contributed by atoms with Crippen molar-refractivity contribution in [3.63, 3.8) is 0 Å². The molecule has 3 aromatic rings. The highest BCUT2D eigenvalue weighted by atomic mass is 32.2. The van der Waals surface area contributed by atoms with Gasteiger partial charge in [-0.25, -0.2) is 8.42 Å². The molecule has 0 atom stereocenters. The fourth-order valence-electron chi connectivity index (χ4n) is 2.96. The van der Waals surface area contributed by atoms with E-state index in [2.05, 4.69) is 5.32 Å². The summed E-state index contributed by atoms with van der Waals surface area (Å²) in [7, 11) is -2.34. The number of nitrogens with zero attached hydrogens (tertiary/aromatic N) is 3. The molecule has 0 saturated carbocycles. The van der Waals surface area contributed by atoms with E-state index < -0.39 is 37.2 Å². The first-order chi connectivity index (χ1) is 15.6. The number of non-ortho nitro benzene ring substituents is 2. The number of hydrogen-bond donors (Lipinski definition) is 1. The number of sulfonamides is 1. The maximum atomic E-state index is 12.8. The van der Waals surface area contributed by atoms with Crippen LogP contribution in [0, 0.1) is 20.2 Å². The van der Waals surface area contributed by atoms with E-state index in [1.807, 2.05) is 30.3 Å². The van der Waals surface area contributed by atoms with Crippen molar-refractivity contribution in [2.24, 2.45) is 0 Å². The molecule has 0 bridgehead atoms. The van der Waals surface area contributed by atoms with Crippen LogP contribution in [0.25, 0.3) is 0 Å². The van der Waals surface area contributed by atoms with Crippen molar-refractivity contribution < 1.29 is 23.1 Å². The molecule has 33 heavy (non-hydrogen) atoms. The molecule has 0 fully saturated rings. The molecule has 11 nitrogen and oxygen atoms in total. The molecule has 3 aromatic carbocycles. The number of nitro groups is 2. The highest BCUT2D eigenvalue weighted by molar-refractivity contribution is 7.89. The molecule has 0 saturated heterocycles. The molecule has 0 aliphatic carbocycles. The maximum absolute atomic E-state index is 12.8. The number of nitro benzene ring substituents is 2. The number of hydrogen-bond acceptors (Lipinski definition) is 7. The summed E-state index contributed by atoms with van der Waals surface area (Å²) in [5, 5.41) is 24.4. The normalized spacial score (nSPS) is 11.2. The van der Waals surface area contributed by atoms with Crippen LogP contribution < -0.4 is 5.32 Å². The van der Waals surface area contributed by atoms with E-state index in [-0.39, 0.29) is 22.7 Å². The zero-order chi connectivity index (χ0) is 24.2. The lowest BCUT2D eigenvalue weighted by Gasteiger charge is -2.17. The van der Waals surface area contributed by atoms with Crippen LogP contribution in [0.4, 0.5) is 17.1 Å². The summed E-state index contributed by atoms with van der Waals surface area (Å²) in [5.74, 6) is -0.821. The maximum Gasteiger partial charge on any atom is 0.277 e. The predicted molar refractivity (Wildman–Crippen MR) is 119 cm³/mol. The highest BCUT2D eigenvalue weighted by Crippen LogP contribution is 2.24. The van der Waals surface area contributed by atoms with Crippen molar-refractivity contribution in [3.8, 4) is 0 Å². The Kier molecular flexibility index (Phi) is 6.80. The molecule has 170 valence electrons. The third-order valence-electron chi connectivity index (χ3n) is 4.65. The fourth-order valence-corrected chi connectivity index (χ4v) is 4.11. The molecule has 0 unspecified atom stereocenters. The topological polar surface area (TPSA) is 153 Å². The van der Waals surface area contributed by atoms with Crippen LogP contribution in [0.15, 0.2) is 77.7 Å². The molecule has 0 heterocycles. The summed E-state index contributed by atoms with van der Waals surface area (Å²) < 4.78 is 26.8. The summed E-state index contributed by atoms with van der Waals surface area (Å²) in [6.07, 6.45) is 0. The second kappa shape index (κ2) is 9.54. The molecular formula is C21H18N4O7S. The molecule has 3 rings (SSSR count). The summed E-state index contributed by atoms with van der Waals surface area (Å²) in [6.45, 7) is 0.174. The van der Waals surface area contributed by atoms with E-state index in [4.69, 9.17) is 0 Å². The predicted octanol–water partition coefficient (Wildman–Crippen LogP) is 3.58. The molecule has 0 aliphatic rings. The number of nitrogens with one attached hydrogen (secondary N) is 1. The standard InChI is InChI=1S/C21H18N4O7S/c1-23(14-15-5-3-2-4-6-15)33(31,32)20-9-7-17(8-10-20)22-21(26)16-11-18(24(27)28)13-19(12-16)25(29)30/h2-13H,14H2,1H3,(H,22,26). The average molecular weight is 470 g/mol. The van der Waals surface area contributed by atoms with Gasteiger partial charge in [-0.2, -0.15) is 4.31 Å². The Morgan fingerprint density at radius 1 is 0.909 bits per heavy atom. The van der Waals surface area contributed by atoms with Gasteiger partial charge in [0.2, 0.25) is 10.0 Å². The number of carbonyl (C=O) groups excluding carboxylic acids is 1. The Balaban J connectivity index is 1.77. The lowest BCUT2D eigenvalue weighted by atomic mass is 10.1. The zero-order valence-corrected chi connectivity index (χ0v) is 18.1. The van der Waals surface area contributed by atoms with Gasteiger partial charge < -0.3 is 5.32 Å². The zero-order valence-electron chi connectivity index (χ0n) is 17.2. The molecule has 0 spiro atoms. The number of rotatable bonds is 8. The quantitative estimate of drug-likeness (QED) is 0.390. The molecule has 12 heteroatoms. The van der Waals surface area contributed by atoms with E-state index in [0.29, 0.717) is 0 Å². The van der Waals surface area contributed by atoms with Crippen LogP contribution in [0.5, 0.6) is 0 Å². The van der Waals surface area contributed by atoms with E-state index >= 15 is 0 Å². The van der Waals surface area contributed by atoms with Gasteiger partial charge in [-0.3, -0.25) is 25.0 Å². The fraction of sp³-hybridized carbons (Fsp3) is 0.0952. The number of amides is 1. The minimum Gasteiger partial charge on any atom is -0.322 e. The van der Waals surface area contributed by atoms with Gasteiger partial charge in [-0.1, -0.05) is 30.3 Å². The smallest absolute Gasteiger partial charge is 0.277 e. The van der Waals surface area contributed by atoms with Crippen molar-refractivity contribution in [1.82, 2.24) is 4.31 Å². The molecular weight excluding hydrogens is 452 g/mol. The Morgan fingerprint density at radius 3 is 1.97 bits per heavy atom.